The molecule has 2 aromatic carbocycles. The Kier molecular flexibility index (Phi) is 7.23. The molecule has 8 heteroatoms. The number of rotatable bonds is 5. The summed E-state index contributed by atoms with van der Waals surface area (Å²) in [5, 5.41) is 8.01. The first-order chi connectivity index (χ1) is 14.3. The van der Waals surface area contributed by atoms with E-state index in [4.69, 9.17) is 12.2 Å². The summed E-state index contributed by atoms with van der Waals surface area (Å²) in [5.41, 5.74) is 10.1. The normalized spacial score (nSPS) is 11.6. The van der Waals surface area contributed by atoms with Crippen LogP contribution in [-0.4, -0.2) is 20.8 Å². The number of carbonyl (C=O) groups excluding carboxylic acids is 1. The van der Waals surface area contributed by atoms with Gasteiger partial charge in [-0.1, -0.05) is 42.5 Å². The Labute approximate surface area is 190 Å². The molecule has 0 aliphatic rings. The zero-order valence-electron chi connectivity index (χ0n) is 17.1. The lowest BCUT2D eigenvalue weighted by Crippen LogP contribution is -2.47. The van der Waals surface area contributed by atoms with Crippen molar-refractivity contribution in [2.24, 2.45) is 0 Å². The average Bonchev–Trinajstić information content (AvgIpc) is 2.99. The van der Waals surface area contributed by atoms with Gasteiger partial charge < -0.3 is 5.32 Å². The lowest BCUT2D eigenvalue weighted by atomic mass is 10.1. The Hall–Kier alpha value is -2.71. The highest BCUT2D eigenvalue weighted by Gasteiger charge is 2.11. The maximum Gasteiger partial charge on any atom is 0.269 e. The summed E-state index contributed by atoms with van der Waals surface area (Å²) in [6, 6.07) is 17.4. The summed E-state index contributed by atoms with van der Waals surface area (Å²) in [4.78, 5) is 12.4. The van der Waals surface area contributed by atoms with Gasteiger partial charge in [-0.25, -0.2) is 0 Å². The first-order valence-electron chi connectivity index (χ1n) is 9.55. The van der Waals surface area contributed by atoms with Gasteiger partial charge in [-0.3, -0.25) is 20.3 Å². The summed E-state index contributed by atoms with van der Waals surface area (Å²) in [5.74, 6) is -0.257. The van der Waals surface area contributed by atoms with E-state index in [0.29, 0.717) is 17.2 Å². The number of aromatic nitrogens is 2. The minimum Gasteiger partial charge on any atom is -0.355 e. The lowest BCUT2D eigenvalue weighted by molar-refractivity contribution is 0.0943. The van der Waals surface area contributed by atoms with Crippen molar-refractivity contribution in [3.63, 3.8) is 0 Å². The number of hydrogen-bond donors (Lipinski definition) is 3. The molecule has 1 atom stereocenters. The summed E-state index contributed by atoms with van der Waals surface area (Å²) in [6.07, 6.45) is 0. The van der Waals surface area contributed by atoms with Crippen LogP contribution in [0.4, 0.5) is 0 Å². The number of hydrazine groups is 1. The number of nitrogens with zero attached hydrogens (tertiary/aromatic N) is 2. The zero-order chi connectivity index (χ0) is 21.7. The number of halogens is 1. The first-order valence-corrected chi connectivity index (χ1v) is 10.8. The molecule has 6 nitrogen and oxygen atoms in total. The topological polar surface area (TPSA) is 71.0 Å². The number of thiocarbonyl (C=S) groups is 1. The van der Waals surface area contributed by atoms with Gasteiger partial charge in [0.15, 0.2) is 5.11 Å². The number of hydrogen-bond acceptors (Lipinski definition) is 3. The standard InChI is InChI=1S/C22H24BrN5OS/c1-14(18-7-5-4-6-8-18)24-22(30)26-25-21(29)19-11-9-17(10-12-19)13-28-16(3)20(23)15(2)27-28/h4-12,14H,13H2,1-3H3,(H,25,29)(H2,24,26,30). The zero-order valence-corrected chi connectivity index (χ0v) is 19.5. The highest BCUT2D eigenvalue weighted by atomic mass is 79.9. The van der Waals surface area contributed by atoms with Gasteiger partial charge in [-0.2, -0.15) is 5.10 Å². The number of amides is 1. The van der Waals surface area contributed by atoms with Crippen LogP contribution in [0.5, 0.6) is 0 Å². The largest absolute Gasteiger partial charge is 0.355 e. The second kappa shape index (κ2) is 9.86. The van der Waals surface area contributed by atoms with Crippen LogP contribution in [0.3, 0.4) is 0 Å². The van der Waals surface area contributed by atoms with Crippen molar-refractivity contribution in [3.05, 3.63) is 87.1 Å². The van der Waals surface area contributed by atoms with Crippen LogP contribution < -0.4 is 16.2 Å². The van der Waals surface area contributed by atoms with Crippen molar-refractivity contribution in [2.45, 2.75) is 33.4 Å². The van der Waals surface area contributed by atoms with Crippen molar-refractivity contribution in [1.82, 2.24) is 25.9 Å². The lowest BCUT2D eigenvalue weighted by Gasteiger charge is -2.17. The molecule has 30 heavy (non-hydrogen) atoms. The van der Waals surface area contributed by atoms with Gasteiger partial charge >= 0.3 is 0 Å². The summed E-state index contributed by atoms with van der Waals surface area (Å²) < 4.78 is 2.96. The third-order valence-electron chi connectivity index (χ3n) is 4.78. The predicted octanol–water partition coefficient (Wildman–Crippen LogP) is 4.18. The molecule has 0 saturated heterocycles. The second-order valence-corrected chi connectivity index (χ2v) is 8.23. The van der Waals surface area contributed by atoms with E-state index in [-0.39, 0.29) is 11.9 Å². The van der Waals surface area contributed by atoms with E-state index >= 15 is 0 Å². The molecule has 1 aromatic heterocycles. The fourth-order valence-electron chi connectivity index (χ4n) is 3.01. The van der Waals surface area contributed by atoms with Gasteiger partial charge in [0.25, 0.3) is 5.91 Å². The van der Waals surface area contributed by atoms with E-state index in [1.54, 1.807) is 12.1 Å². The van der Waals surface area contributed by atoms with Crippen LogP contribution in [0.25, 0.3) is 0 Å². The van der Waals surface area contributed by atoms with E-state index in [1.807, 2.05) is 67.9 Å². The van der Waals surface area contributed by atoms with Crippen LogP contribution >= 0.6 is 28.1 Å². The van der Waals surface area contributed by atoms with Crippen LogP contribution in [0.2, 0.25) is 0 Å². The Morgan fingerprint density at radius 3 is 2.37 bits per heavy atom. The average molecular weight is 486 g/mol. The van der Waals surface area contributed by atoms with Crippen LogP contribution in [0, 0.1) is 13.8 Å². The number of carbonyl (C=O) groups is 1. The van der Waals surface area contributed by atoms with Gasteiger partial charge in [0, 0.05) is 5.56 Å². The molecule has 3 aromatic rings. The molecule has 0 bridgehead atoms. The smallest absolute Gasteiger partial charge is 0.269 e. The molecule has 0 radical (unpaired) electrons. The Morgan fingerprint density at radius 1 is 1.10 bits per heavy atom. The SMILES string of the molecule is Cc1nn(Cc2ccc(C(=O)NNC(=S)NC(C)c3ccccc3)cc2)c(C)c1Br. The van der Waals surface area contributed by atoms with Gasteiger partial charge in [0.1, 0.15) is 0 Å². The monoisotopic (exact) mass is 485 g/mol. The fourth-order valence-corrected chi connectivity index (χ4v) is 3.52. The number of aryl methyl sites for hydroxylation is 1. The third kappa shape index (κ3) is 5.46. The van der Waals surface area contributed by atoms with Gasteiger partial charge in [0.05, 0.1) is 28.4 Å². The molecule has 0 fully saturated rings. The van der Waals surface area contributed by atoms with E-state index < -0.39 is 0 Å². The summed E-state index contributed by atoms with van der Waals surface area (Å²) >= 11 is 8.81. The van der Waals surface area contributed by atoms with Crippen LogP contribution in [-0.2, 0) is 6.54 Å². The molecule has 3 N–H and O–H groups in total. The van der Waals surface area contributed by atoms with E-state index in [0.717, 1.165) is 27.0 Å². The van der Waals surface area contributed by atoms with Gasteiger partial charge in [0.2, 0.25) is 0 Å². The molecule has 1 unspecified atom stereocenters. The second-order valence-electron chi connectivity index (χ2n) is 7.02. The van der Waals surface area contributed by atoms with E-state index in [9.17, 15) is 4.79 Å². The minimum absolute atomic E-state index is 0.0248. The number of nitrogens with one attached hydrogen (secondary N) is 3. The molecule has 0 spiro atoms. The number of benzene rings is 2. The molecule has 1 heterocycles. The van der Waals surface area contributed by atoms with E-state index in [2.05, 4.69) is 37.2 Å². The summed E-state index contributed by atoms with van der Waals surface area (Å²) in [7, 11) is 0. The fraction of sp³-hybridized carbons (Fsp3) is 0.227. The van der Waals surface area contributed by atoms with Gasteiger partial charge in [-0.15, -0.1) is 0 Å². The Bertz CT molecular complexity index is 1030. The van der Waals surface area contributed by atoms with Gasteiger partial charge in [-0.05, 0) is 72.2 Å². The predicted molar refractivity (Wildman–Crippen MR) is 126 cm³/mol. The Morgan fingerprint density at radius 2 is 1.77 bits per heavy atom. The molecular weight excluding hydrogens is 462 g/mol. The first kappa shape index (κ1) is 22.0. The van der Waals surface area contributed by atoms with Crippen molar-refractivity contribution in [2.75, 3.05) is 0 Å². The Balaban J connectivity index is 1.52. The van der Waals surface area contributed by atoms with E-state index in [1.165, 1.54) is 0 Å². The molecule has 1 amide bonds. The molecule has 0 saturated carbocycles. The molecule has 0 aliphatic heterocycles. The molecular formula is C22H24BrN5OS. The maximum atomic E-state index is 12.4. The van der Waals surface area contributed by atoms with Crippen molar-refractivity contribution < 1.29 is 4.79 Å². The van der Waals surface area contributed by atoms with Crippen LogP contribution in [0.1, 0.15) is 45.8 Å². The molecule has 3 rings (SSSR count). The van der Waals surface area contributed by atoms with Crippen molar-refractivity contribution in [3.8, 4) is 0 Å². The van der Waals surface area contributed by atoms with Crippen molar-refractivity contribution >= 4 is 39.2 Å². The highest BCUT2D eigenvalue weighted by molar-refractivity contribution is 9.10. The highest BCUT2D eigenvalue weighted by Crippen LogP contribution is 2.20. The van der Waals surface area contributed by atoms with Crippen LogP contribution in [0.15, 0.2) is 59.1 Å². The summed E-state index contributed by atoms with van der Waals surface area (Å²) in [6.45, 7) is 6.63. The quantitative estimate of drug-likeness (QED) is 0.373. The van der Waals surface area contributed by atoms with Crippen molar-refractivity contribution in [1.29, 1.82) is 0 Å². The molecule has 156 valence electrons. The molecule has 0 aliphatic carbocycles. The third-order valence-corrected chi connectivity index (χ3v) is 6.15. The maximum absolute atomic E-state index is 12.4. The minimum atomic E-state index is -0.257.